The van der Waals surface area contributed by atoms with Crippen LogP contribution >= 0.6 is 0 Å². The Morgan fingerprint density at radius 3 is 2.33 bits per heavy atom. The number of rotatable bonds is 6. The molecule has 0 unspecified atom stereocenters. The number of hydrogen-bond acceptors (Lipinski definition) is 4. The fraction of sp³-hybridized carbons (Fsp3) is 0.615. The predicted octanol–water partition coefficient (Wildman–Crippen LogP) is 4.65. The Bertz CT molecular complexity index is 1150. The van der Waals surface area contributed by atoms with Crippen molar-refractivity contribution in [3.05, 3.63) is 46.6 Å². The van der Waals surface area contributed by atoms with Crippen LogP contribution < -0.4 is 10.8 Å². The van der Waals surface area contributed by atoms with E-state index >= 15 is 0 Å². The van der Waals surface area contributed by atoms with Gasteiger partial charge in [0.25, 0.3) is 5.91 Å². The van der Waals surface area contributed by atoms with E-state index in [1.54, 1.807) is 0 Å². The van der Waals surface area contributed by atoms with Gasteiger partial charge in [-0.1, -0.05) is 20.8 Å². The number of anilines is 1. The minimum Gasteiger partial charge on any atom is -0.382 e. The Balaban J connectivity index is 1.74. The monoisotopic (exact) mass is 508 g/mol. The van der Waals surface area contributed by atoms with Gasteiger partial charge in [0, 0.05) is 49.7 Å². The van der Waals surface area contributed by atoms with Crippen LogP contribution in [0.15, 0.2) is 29.3 Å². The largest absolute Gasteiger partial charge is 0.416 e. The summed E-state index contributed by atoms with van der Waals surface area (Å²) in [5.74, 6) is -0.733. The van der Waals surface area contributed by atoms with E-state index in [0.717, 1.165) is 43.5 Å². The van der Waals surface area contributed by atoms with Crippen molar-refractivity contribution in [2.75, 3.05) is 25.1 Å². The van der Waals surface area contributed by atoms with Crippen molar-refractivity contribution in [3.63, 3.8) is 0 Å². The summed E-state index contributed by atoms with van der Waals surface area (Å²) in [6, 6.07) is 4.99. The van der Waals surface area contributed by atoms with E-state index in [0.29, 0.717) is 37.5 Å². The molecule has 3 heterocycles. The van der Waals surface area contributed by atoms with Crippen LogP contribution in [0.2, 0.25) is 0 Å². The van der Waals surface area contributed by atoms with E-state index in [-0.39, 0.29) is 23.2 Å². The van der Waals surface area contributed by atoms with E-state index in [1.807, 2.05) is 22.5 Å². The molecule has 2 aliphatic rings. The van der Waals surface area contributed by atoms with E-state index in [4.69, 9.17) is 9.47 Å². The van der Waals surface area contributed by atoms with Gasteiger partial charge in [-0.3, -0.25) is 14.2 Å². The van der Waals surface area contributed by atoms with Gasteiger partial charge in [-0.15, -0.1) is 0 Å². The molecule has 2 aliphatic heterocycles. The molecule has 0 bridgehead atoms. The zero-order chi connectivity index (χ0) is 26.1. The third-order valence-corrected chi connectivity index (χ3v) is 6.75. The molecule has 36 heavy (non-hydrogen) atoms. The van der Waals surface area contributed by atoms with Crippen molar-refractivity contribution < 1.29 is 27.4 Å². The summed E-state index contributed by atoms with van der Waals surface area (Å²) in [6.07, 6.45) is -0.937. The van der Waals surface area contributed by atoms with Gasteiger partial charge >= 0.3 is 6.18 Å². The topological polar surface area (TPSA) is 69.8 Å². The van der Waals surface area contributed by atoms with E-state index in [9.17, 15) is 18.0 Å². The zero-order valence-electron chi connectivity index (χ0n) is 21.3. The van der Waals surface area contributed by atoms with Gasteiger partial charge in [0.15, 0.2) is 5.49 Å². The van der Waals surface area contributed by atoms with Crippen LogP contribution in [0.5, 0.6) is 0 Å². The summed E-state index contributed by atoms with van der Waals surface area (Å²) in [5.41, 5.74) is 0.420. The molecule has 4 rings (SSSR count). The molecule has 0 aliphatic carbocycles. The van der Waals surface area contributed by atoms with Crippen LogP contribution in [-0.2, 0) is 34.7 Å². The number of nitrogens with one attached hydrogen (secondary N) is 1. The molecule has 198 valence electrons. The molecule has 1 aromatic heterocycles. The average Bonchev–Trinajstić information content (AvgIpc) is 3.55. The summed E-state index contributed by atoms with van der Waals surface area (Å²) >= 11 is 0. The summed E-state index contributed by atoms with van der Waals surface area (Å²) in [4.78, 5) is 17.7. The third-order valence-electron chi connectivity index (χ3n) is 6.75. The minimum atomic E-state index is -4.58. The molecule has 2 saturated heterocycles. The van der Waals surface area contributed by atoms with Crippen LogP contribution in [0.1, 0.15) is 68.1 Å². The maximum Gasteiger partial charge on any atom is 0.416 e. The predicted molar refractivity (Wildman–Crippen MR) is 130 cm³/mol. The van der Waals surface area contributed by atoms with Crippen LogP contribution in [0, 0.1) is 0 Å². The minimum absolute atomic E-state index is 0.00216. The average molecular weight is 509 g/mol. The molecule has 0 radical (unpaired) electrons. The number of hydrogen-bond donors (Lipinski definition) is 1. The van der Waals surface area contributed by atoms with E-state index in [2.05, 4.69) is 31.1 Å². The molecular formula is C26H35F3N4O3. The van der Waals surface area contributed by atoms with Gasteiger partial charge in [0.05, 0.1) is 29.9 Å². The first-order chi connectivity index (χ1) is 16.9. The zero-order valence-corrected chi connectivity index (χ0v) is 21.3. The quantitative estimate of drug-likeness (QED) is 0.617. The first kappa shape index (κ1) is 26.5. The first-order valence-corrected chi connectivity index (χ1v) is 12.5. The maximum absolute atomic E-state index is 13.5. The SMILES string of the molecule is Cn1c(C(C)(C)C)c/c(=N\C(=O)c2cc(C(F)(F)F)ccc2NC[C@H]2CCCO2)n1C[C@H]1CCCO1. The summed E-state index contributed by atoms with van der Waals surface area (Å²) < 4.78 is 55.7. The second-order valence-corrected chi connectivity index (χ2v) is 10.6. The van der Waals surface area contributed by atoms with Crippen molar-refractivity contribution in [3.8, 4) is 0 Å². The number of ether oxygens (including phenoxy) is 2. The van der Waals surface area contributed by atoms with Crippen LogP contribution in [-0.4, -0.2) is 47.2 Å². The van der Waals surface area contributed by atoms with Crippen molar-refractivity contribution >= 4 is 11.6 Å². The second-order valence-electron chi connectivity index (χ2n) is 10.6. The van der Waals surface area contributed by atoms with Crippen LogP contribution in [0.25, 0.3) is 0 Å². The highest BCUT2D eigenvalue weighted by Gasteiger charge is 2.32. The molecule has 7 nitrogen and oxygen atoms in total. The number of alkyl halides is 3. The van der Waals surface area contributed by atoms with Gasteiger partial charge in [0.1, 0.15) is 0 Å². The lowest BCUT2D eigenvalue weighted by Gasteiger charge is -2.21. The second kappa shape index (κ2) is 10.4. The molecule has 2 atom stereocenters. The van der Waals surface area contributed by atoms with Gasteiger partial charge in [-0.2, -0.15) is 18.2 Å². The number of benzene rings is 1. The van der Waals surface area contributed by atoms with Gasteiger partial charge in [-0.05, 0) is 43.9 Å². The standard InChI is InChI=1S/C26H35F3N4O3/c1-25(2,3)22-14-23(33(32(22)4)16-19-8-6-12-36-19)31-24(34)20-13-17(26(27,28)29)9-10-21(20)30-15-18-7-5-11-35-18/h9-10,13-14,18-19,30H,5-8,11-12,15-16H2,1-4H3/b31-23+/t18-,19-/m1/s1. The third kappa shape index (κ3) is 6.03. The maximum atomic E-state index is 13.5. The van der Waals surface area contributed by atoms with Gasteiger partial charge < -0.3 is 14.8 Å². The molecular weight excluding hydrogens is 473 g/mol. The lowest BCUT2D eigenvalue weighted by Crippen LogP contribution is -2.30. The first-order valence-electron chi connectivity index (χ1n) is 12.5. The fourth-order valence-electron chi connectivity index (χ4n) is 4.81. The highest BCUT2D eigenvalue weighted by molar-refractivity contribution is 6.00. The molecule has 0 saturated carbocycles. The number of carbonyl (C=O) groups excluding carboxylic acids is 1. The van der Waals surface area contributed by atoms with Crippen molar-refractivity contribution in [1.29, 1.82) is 0 Å². The van der Waals surface area contributed by atoms with Crippen LogP contribution in [0.4, 0.5) is 18.9 Å². The van der Waals surface area contributed by atoms with Gasteiger partial charge in [0.2, 0.25) is 0 Å². The molecule has 0 spiro atoms. The summed E-state index contributed by atoms with van der Waals surface area (Å²) in [6.45, 7) is 8.45. The lowest BCUT2D eigenvalue weighted by molar-refractivity contribution is -0.137. The molecule has 2 fully saturated rings. The smallest absolute Gasteiger partial charge is 0.382 e. The Morgan fingerprint density at radius 1 is 1.08 bits per heavy atom. The van der Waals surface area contributed by atoms with E-state index in [1.165, 1.54) is 6.07 Å². The molecule has 1 N–H and O–H groups in total. The highest BCUT2D eigenvalue weighted by atomic mass is 19.4. The number of aromatic nitrogens is 2. The fourth-order valence-corrected chi connectivity index (χ4v) is 4.81. The normalized spacial score (nSPS) is 21.4. The Hall–Kier alpha value is -2.59. The summed E-state index contributed by atoms with van der Waals surface area (Å²) in [7, 11) is 1.90. The number of nitrogens with zero attached hydrogens (tertiary/aromatic N) is 3. The van der Waals surface area contributed by atoms with Crippen molar-refractivity contribution in [1.82, 2.24) is 9.36 Å². The Labute approximate surface area is 209 Å². The summed E-state index contributed by atoms with van der Waals surface area (Å²) in [5, 5.41) is 3.11. The lowest BCUT2D eigenvalue weighted by atomic mass is 9.92. The highest BCUT2D eigenvalue weighted by Crippen LogP contribution is 2.32. The van der Waals surface area contributed by atoms with E-state index < -0.39 is 17.6 Å². The number of amides is 1. The Kier molecular flexibility index (Phi) is 7.66. The number of halogens is 3. The molecule has 1 aromatic carbocycles. The van der Waals surface area contributed by atoms with Crippen molar-refractivity contribution in [2.24, 2.45) is 12.0 Å². The molecule has 2 aromatic rings. The Morgan fingerprint density at radius 2 is 1.75 bits per heavy atom. The number of carbonyl (C=O) groups is 1. The molecule has 1 amide bonds. The van der Waals surface area contributed by atoms with Crippen LogP contribution in [0.3, 0.4) is 0 Å². The van der Waals surface area contributed by atoms with Crippen molar-refractivity contribution in [2.45, 2.75) is 76.8 Å². The molecule has 10 heteroatoms. The van der Waals surface area contributed by atoms with Gasteiger partial charge in [-0.25, -0.2) is 0 Å².